The fraction of sp³-hybridized carbons (Fsp3) is 0.889. The van der Waals surface area contributed by atoms with Gasteiger partial charge in [0, 0.05) is 0 Å². The first kappa shape index (κ1) is 33.2. The number of hydrogen-bond donors (Lipinski definition) is 0. The van der Waals surface area contributed by atoms with Crippen LogP contribution in [0, 0.1) is 0 Å². The minimum atomic E-state index is -5.19. The predicted octanol–water partition coefficient (Wildman–Crippen LogP) is 3.69. The minimum Gasteiger partial charge on any atom is -0.542 e. The second-order valence-corrected chi connectivity index (χ2v) is 14.1. The van der Waals surface area contributed by atoms with Crippen molar-refractivity contribution in [1.82, 2.24) is 0 Å². The van der Waals surface area contributed by atoms with Crippen molar-refractivity contribution in [1.29, 1.82) is 0 Å². The smallest absolute Gasteiger partial charge is 0.542 e. The molecule has 0 aromatic heterocycles. The summed E-state index contributed by atoms with van der Waals surface area (Å²) in [6.07, 6.45) is -1.08. The Morgan fingerprint density at radius 3 is 0.968 bits per heavy atom. The van der Waals surface area contributed by atoms with E-state index in [0.29, 0.717) is 15.8 Å². The molecule has 2 aliphatic heterocycles. The zero-order chi connectivity index (χ0) is 23.9. The van der Waals surface area contributed by atoms with Crippen LogP contribution < -0.4 is 10.2 Å². The quantitative estimate of drug-likeness (QED) is 0.288. The van der Waals surface area contributed by atoms with Gasteiger partial charge in [0.05, 0.1) is 0 Å². The fourth-order valence-electron chi connectivity index (χ4n) is 3.61. The summed E-state index contributed by atoms with van der Waals surface area (Å²) >= 11 is 0. The largest absolute Gasteiger partial charge is 2.00 e. The van der Waals surface area contributed by atoms with Gasteiger partial charge in [-0.15, -0.1) is 15.8 Å². The van der Waals surface area contributed by atoms with Crippen LogP contribution in [0.25, 0.3) is 0 Å². The summed E-state index contributed by atoms with van der Waals surface area (Å²) in [5.74, 6) is -6.01. The van der Waals surface area contributed by atoms with Crippen LogP contribution in [0.3, 0.4) is 0 Å². The fourth-order valence-corrected chi connectivity index (χ4v) is 10.9. The molecule has 0 aliphatic carbocycles. The zero-order valence-corrected chi connectivity index (χ0v) is 21.2. The van der Waals surface area contributed by atoms with Gasteiger partial charge in [0.2, 0.25) is 0 Å². The summed E-state index contributed by atoms with van der Waals surface area (Å²) in [6.45, 7) is 10.1. The van der Waals surface area contributed by atoms with Gasteiger partial charge in [-0.05, 0) is 60.6 Å². The van der Waals surface area contributed by atoms with Gasteiger partial charge < -0.3 is 19.8 Å². The molecular formula is C18H28F6O4P2Ru. The molecule has 2 heterocycles. The standard InChI is InChI=1S/C14H28P2.2C2HF3O2.Ru/c1-11-5-6-12(2)15(11)9-10-16-13(3)7-8-14(16)4;2*3-2(4,5)1(6)7;/h11-14H,5-10H2,1-4H3;2*(H,6,7);/q;;;+2/p-2/t11-,12-,13-,14-;;;/m1.../s1. The summed E-state index contributed by atoms with van der Waals surface area (Å²) in [5.41, 5.74) is 4.31. The Morgan fingerprint density at radius 2 is 0.839 bits per heavy atom. The molecule has 184 valence electrons. The first-order valence-electron chi connectivity index (χ1n) is 9.56. The van der Waals surface area contributed by atoms with E-state index < -0.39 is 24.3 Å². The summed E-state index contributed by atoms with van der Waals surface area (Å²) in [4.78, 5) is 17.6. The molecule has 4 nitrogen and oxygen atoms in total. The Balaban J connectivity index is 0. The average molecular weight is 585 g/mol. The van der Waals surface area contributed by atoms with Crippen LogP contribution in [0.1, 0.15) is 53.4 Å². The molecule has 31 heavy (non-hydrogen) atoms. The van der Waals surface area contributed by atoms with E-state index in [9.17, 15) is 26.3 Å². The molecule has 0 radical (unpaired) electrons. The molecule has 0 amide bonds. The molecule has 2 fully saturated rings. The van der Waals surface area contributed by atoms with Crippen molar-refractivity contribution >= 4 is 27.8 Å². The Labute approximate surface area is 194 Å². The molecule has 0 unspecified atom stereocenters. The van der Waals surface area contributed by atoms with Crippen LogP contribution in [0.5, 0.6) is 0 Å². The van der Waals surface area contributed by atoms with Gasteiger partial charge in [0.15, 0.2) is 0 Å². The molecule has 0 aromatic rings. The Kier molecular flexibility index (Phi) is 15.3. The Hall–Kier alpha value is 0.00338. The number of rotatable bonds is 3. The molecule has 2 aliphatic rings. The Morgan fingerprint density at radius 1 is 0.677 bits per heavy atom. The van der Waals surface area contributed by atoms with E-state index >= 15 is 0 Å². The van der Waals surface area contributed by atoms with Crippen molar-refractivity contribution in [3.05, 3.63) is 0 Å². The summed E-state index contributed by atoms with van der Waals surface area (Å²) < 4.78 is 63.1. The number of halogens is 6. The molecule has 0 aromatic carbocycles. The van der Waals surface area contributed by atoms with Crippen molar-refractivity contribution in [2.45, 2.75) is 88.4 Å². The third-order valence-electron chi connectivity index (χ3n) is 5.35. The second-order valence-electron chi connectivity index (χ2n) is 7.60. The molecule has 2 saturated heterocycles. The van der Waals surface area contributed by atoms with E-state index in [4.69, 9.17) is 19.8 Å². The number of carboxylic acids is 2. The third-order valence-corrected chi connectivity index (χ3v) is 12.7. The van der Waals surface area contributed by atoms with Crippen LogP contribution >= 0.6 is 15.8 Å². The summed E-state index contributed by atoms with van der Waals surface area (Å²) in [5, 5.41) is 17.6. The maximum absolute atomic E-state index is 10.5. The van der Waals surface area contributed by atoms with E-state index in [2.05, 4.69) is 27.7 Å². The van der Waals surface area contributed by atoms with Gasteiger partial charge in [0.25, 0.3) is 0 Å². The van der Waals surface area contributed by atoms with Crippen molar-refractivity contribution < 1.29 is 65.6 Å². The third kappa shape index (κ3) is 12.7. The van der Waals surface area contributed by atoms with Gasteiger partial charge >= 0.3 is 31.8 Å². The monoisotopic (exact) mass is 586 g/mol. The van der Waals surface area contributed by atoms with Crippen LogP contribution in [-0.2, 0) is 29.1 Å². The maximum atomic E-state index is 10.5. The maximum Gasteiger partial charge on any atom is 2.00 e. The topological polar surface area (TPSA) is 80.3 Å². The van der Waals surface area contributed by atoms with Gasteiger partial charge in [-0.1, -0.05) is 27.7 Å². The van der Waals surface area contributed by atoms with Crippen molar-refractivity contribution in [3.8, 4) is 0 Å². The van der Waals surface area contributed by atoms with Crippen molar-refractivity contribution in [2.24, 2.45) is 0 Å². The van der Waals surface area contributed by atoms with Crippen LogP contribution in [-0.4, -0.2) is 59.3 Å². The van der Waals surface area contributed by atoms with Crippen LogP contribution in [0.4, 0.5) is 26.3 Å². The van der Waals surface area contributed by atoms with Crippen molar-refractivity contribution in [2.75, 3.05) is 12.3 Å². The molecular weight excluding hydrogens is 557 g/mol. The van der Waals surface area contributed by atoms with E-state index in [0.717, 1.165) is 22.6 Å². The zero-order valence-electron chi connectivity index (χ0n) is 17.7. The minimum absolute atomic E-state index is 0. The predicted molar refractivity (Wildman–Crippen MR) is 102 cm³/mol. The Bertz CT molecular complexity index is 494. The normalized spacial score (nSPS) is 26.8. The molecule has 0 spiro atoms. The first-order valence-corrected chi connectivity index (χ1v) is 12.9. The molecule has 0 N–H and O–H groups in total. The van der Waals surface area contributed by atoms with Crippen LogP contribution in [0.2, 0.25) is 0 Å². The molecule has 4 atom stereocenters. The van der Waals surface area contributed by atoms with Gasteiger partial charge in [-0.2, -0.15) is 26.3 Å². The molecule has 0 saturated carbocycles. The number of aliphatic carboxylic acids is 2. The van der Waals surface area contributed by atoms with E-state index in [1.54, 1.807) is 12.3 Å². The average Bonchev–Trinajstić information content (AvgIpc) is 3.07. The van der Waals surface area contributed by atoms with Crippen molar-refractivity contribution in [3.63, 3.8) is 0 Å². The first-order chi connectivity index (χ1) is 13.5. The van der Waals surface area contributed by atoms with E-state index in [1.807, 2.05) is 0 Å². The number of carbonyl (C=O) groups is 2. The molecule has 2 rings (SSSR count). The number of carboxylic acid groups (broad SMARTS) is 2. The van der Waals surface area contributed by atoms with E-state index in [1.165, 1.54) is 25.7 Å². The van der Waals surface area contributed by atoms with Gasteiger partial charge in [-0.25, -0.2) is 0 Å². The number of alkyl halides is 6. The summed E-state index contributed by atoms with van der Waals surface area (Å²) in [7, 11) is 0.789. The second kappa shape index (κ2) is 14.3. The van der Waals surface area contributed by atoms with E-state index in [-0.39, 0.29) is 19.5 Å². The van der Waals surface area contributed by atoms with Gasteiger partial charge in [-0.3, -0.25) is 0 Å². The van der Waals surface area contributed by atoms with Gasteiger partial charge in [0.1, 0.15) is 11.9 Å². The SMILES string of the molecule is C[C@@H]1CC[C@@H](C)P1CCP1[C@H](C)CC[C@H]1C.O=C([O-])C(F)(F)F.O=C([O-])C(F)(F)F.[Ru+2]. The van der Waals surface area contributed by atoms with Crippen LogP contribution in [0.15, 0.2) is 0 Å². The number of hydrogen-bond acceptors (Lipinski definition) is 4. The number of carbonyl (C=O) groups excluding carboxylic acids is 2. The molecule has 0 bridgehead atoms. The molecule has 13 heteroatoms. The summed E-state index contributed by atoms with van der Waals surface area (Å²) in [6, 6.07) is 0.